The molecule has 3 rings (SSSR count). The third-order valence-electron chi connectivity index (χ3n) is 4.38. The maximum absolute atomic E-state index is 12.9. The van der Waals surface area contributed by atoms with Gasteiger partial charge >= 0.3 is 6.18 Å². The van der Waals surface area contributed by atoms with Crippen molar-refractivity contribution in [3.8, 4) is 11.8 Å². The van der Waals surface area contributed by atoms with Crippen LogP contribution < -0.4 is 10.1 Å². The number of alkyl halides is 3. The third kappa shape index (κ3) is 6.51. The zero-order valence-corrected chi connectivity index (χ0v) is 18.3. The Labute approximate surface area is 197 Å². The summed E-state index contributed by atoms with van der Waals surface area (Å²) in [4.78, 5) is 12.6. The largest absolute Gasteiger partial charge is 0.487 e. The van der Waals surface area contributed by atoms with E-state index in [1.807, 2.05) is 30.3 Å². The first kappa shape index (κ1) is 24.2. The number of rotatable bonds is 6. The molecule has 0 fully saturated rings. The molecule has 1 N–H and O–H groups in total. The molecule has 0 unspecified atom stereocenters. The molecule has 3 aromatic carbocycles. The molecule has 0 aliphatic heterocycles. The van der Waals surface area contributed by atoms with E-state index in [1.54, 1.807) is 6.07 Å². The normalized spacial score (nSPS) is 11.6. The number of nitrogens with zero attached hydrogens (tertiary/aromatic N) is 1. The molecule has 168 valence electrons. The Morgan fingerprint density at radius 3 is 2.45 bits per heavy atom. The number of amides is 1. The molecular weight excluding hydrogens is 476 g/mol. The molecule has 0 saturated carbocycles. The lowest BCUT2D eigenvalue weighted by Crippen LogP contribution is -2.14. The number of carbonyl (C=O) groups is 1. The second-order valence-electron chi connectivity index (χ2n) is 6.78. The molecule has 0 saturated heterocycles. The molecule has 0 aliphatic rings. The van der Waals surface area contributed by atoms with Crippen LogP contribution in [0.2, 0.25) is 10.0 Å². The van der Waals surface area contributed by atoms with Crippen molar-refractivity contribution in [1.82, 2.24) is 0 Å². The minimum Gasteiger partial charge on any atom is -0.487 e. The standard InChI is InChI=1S/C24H15Cl2F3N2O2/c25-19-10-16(22(21(26)12-19)33-14-15-5-2-1-3-6-15)9-17(13-30)23(32)31-20-8-4-7-18(11-20)24(27,28)29/h1-12H,14H2,(H,31,32)/b17-9+. The van der Waals surface area contributed by atoms with Crippen molar-refractivity contribution < 1.29 is 22.7 Å². The highest BCUT2D eigenvalue weighted by atomic mass is 35.5. The molecule has 4 nitrogen and oxygen atoms in total. The minimum absolute atomic E-state index is 0.111. The molecule has 0 spiro atoms. The fourth-order valence-corrected chi connectivity index (χ4v) is 3.41. The van der Waals surface area contributed by atoms with Gasteiger partial charge in [-0.25, -0.2) is 0 Å². The zero-order valence-electron chi connectivity index (χ0n) is 16.8. The number of nitriles is 1. The topological polar surface area (TPSA) is 62.1 Å². The highest BCUT2D eigenvalue weighted by molar-refractivity contribution is 6.36. The lowest BCUT2D eigenvalue weighted by Gasteiger charge is -2.13. The van der Waals surface area contributed by atoms with Gasteiger partial charge in [-0.2, -0.15) is 18.4 Å². The number of hydrogen-bond acceptors (Lipinski definition) is 3. The van der Waals surface area contributed by atoms with E-state index in [0.717, 1.165) is 23.8 Å². The quantitative estimate of drug-likeness (QED) is 0.295. The zero-order chi connectivity index (χ0) is 24.0. The Morgan fingerprint density at radius 1 is 1.06 bits per heavy atom. The lowest BCUT2D eigenvalue weighted by atomic mass is 10.1. The summed E-state index contributed by atoms with van der Waals surface area (Å²) in [5, 5.41) is 12.2. The number of anilines is 1. The van der Waals surface area contributed by atoms with E-state index < -0.39 is 17.6 Å². The van der Waals surface area contributed by atoms with E-state index in [-0.39, 0.29) is 39.2 Å². The molecule has 1 amide bonds. The van der Waals surface area contributed by atoms with Gasteiger partial charge in [-0.1, -0.05) is 59.6 Å². The number of ether oxygens (including phenoxy) is 1. The highest BCUT2D eigenvalue weighted by Crippen LogP contribution is 2.35. The van der Waals surface area contributed by atoms with Gasteiger partial charge in [0.15, 0.2) is 0 Å². The van der Waals surface area contributed by atoms with E-state index >= 15 is 0 Å². The summed E-state index contributed by atoms with van der Waals surface area (Å²) in [6.07, 6.45) is -3.36. The molecule has 0 atom stereocenters. The summed E-state index contributed by atoms with van der Waals surface area (Å²) >= 11 is 12.3. The Kier molecular flexibility index (Phi) is 7.64. The van der Waals surface area contributed by atoms with E-state index in [0.29, 0.717) is 0 Å². The van der Waals surface area contributed by atoms with E-state index in [2.05, 4.69) is 5.32 Å². The van der Waals surface area contributed by atoms with Crippen LogP contribution >= 0.6 is 23.2 Å². The molecule has 3 aromatic rings. The second-order valence-corrected chi connectivity index (χ2v) is 7.63. The van der Waals surface area contributed by atoms with Crippen LogP contribution in [0.1, 0.15) is 16.7 Å². The van der Waals surface area contributed by atoms with E-state index in [9.17, 15) is 23.2 Å². The van der Waals surface area contributed by atoms with Crippen LogP contribution in [0, 0.1) is 11.3 Å². The van der Waals surface area contributed by atoms with Crippen LogP contribution in [-0.4, -0.2) is 5.91 Å². The van der Waals surface area contributed by atoms with Gasteiger partial charge in [-0.3, -0.25) is 4.79 Å². The lowest BCUT2D eigenvalue weighted by molar-refractivity contribution is -0.137. The second kappa shape index (κ2) is 10.4. The molecule has 0 aliphatic carbocycles. The Balaban J connectivity index is 1.88. The number of hydrogen-bond donors (Lipinski definition) is 1. The van der Waals surface area contributed by atoms with Crippen molar-refractivity contribution in [3.63, 3.8) is 0 Å². The molecule has 9 heteroatoms. The molecule has 0 heterocycles. The van der Waals surface area contributed by atoms with Crippen LogP contribution in [-0.2, 0) is 17.6 Å². The molecule has 33 heavy (non-hydrogen) atoms. The number of halogens is 5. The maximum atomic E-state index is 12.9. The predicted molar refractivity (Wildman–Crippen MR) is 121 cm³/mol. The fourth-order valence-electron chi connectivity index (χ4n) is 2.85. The van der Waals surface area contributed by atoms with Crippen molar-refractivity contribution in [3.05, 3.63) is 99.0 Å². The Hall–Kier alpha value is -3.47. The van der Waals surface area contributed by atoms with Crippen molar-refractivity contribution >= 4 is 40.9 Å². The van der Waals surface area contributed by atoms with Crippen LogP contribution in [0.3, 0.4) is 0 Å². The molecule has 0 radical (unpaired) electrons. The summed E-state index contributed by atoms with van der Waals surface area (Å²) in [7, 11) is 0. The van der Waals surface area contributed by atoms with Crippen molar-refractivity contribution in [2.24, 2.45) is 0 Å². The van der Waals surface area contributed by atoms with Crippen molar-refractivity contribution in [2.75, 3.05) is 5.32 Å². The monoisotopic (exact) mass is 490 g/mol. The van der Waals surface area contributed by atoms with Crippen LogP contribution in [0.5, 0.6) is 5.75 Å². The highest BCUT2D eigenvalue weighted by Gasteiger charge is 2.30. The van der Waals surface area contributed by atoms with Gasteiger partial charge in [0.1, 0.15) is 24.0 Å². The maximum Gasteiger partial charge on any atom is 0.416 e. The average Bonchev–Trinajstić information content (AvgIpc) is 2.77. The van der Waals surface area contributed by atoms with Gasteiger partial charge < -0.3 is 10.1 Å². The van der Waals surface area contributed by atoms with Gasteiger partial charge in [-0.05, 0) is 42.0 Å². The van der Waals surface area contributed by atoms with Gasteiger partial charge in [0, 0.05) is 16.3 Å². The van der Waals surface area contributed by atoms with Gasteiger partial charge in [0.2, 0.25) is 0 Å². The van der Waals surface area contributed by atoms with E-state index in [4.69, 9.17) is 27.9 Å². The first-order chi connectivity index (χ1) is 15.7. The van der Waals surface area contributed by atoms with E-state index in [1.165, 1.54) is 24.3 Å². The molecular formula is C24H15Cl2F3N2O2. The summed E-state index contributed by atoms with van der Waals surface area (Å²) in [6, 6.07) is 18.0. The molecule has 0 aromatic heterocycles. The minimum atomic E-state index is -4.57. The van der Waals surface area contributed by atoms with Crippen molar-refractivity contribution in [2.45, 2.75) is 12.8 Å². The fraction of sp³-hybridized carbons (Fsp3) is 0.0833. The average molecular weight is 491 g/mol. The first-order valence-electron chi connectivity index (χ1n) is 9.43. The van der Waals surface area contributed by atoms with Gasteiger partial charge in [0.05, 0.1) is 10.6 Å². The summed E-state index contributed by atoms with van der Waals surface area (Å²) in [5.74, 6) is -0.702. The summed E-state index contributed by atoms with van der Waals surface area (Å²) in [5.41, 5.74) is -0.294. The number of carbonyl (C=O) groups excluding carboxylic acids is 1. The molecule has 0 bridgehead atoms. The number of benzene rings is 3. The number of nitrogens with one attached hydrogen (secondary N) is 1. The first-order valence-corrected chi connectivity index (χ1v) is 10.2. The van der Waals surface area contributed by atoms with Crippen LogP contribution in [0.15, 0.2) is 72.3 Å². The summed E-state index contributed by atoms with van der Waals surface area (Å²) < 4.78 is 44.6. The smallest absolute Gasteiger partial charge is 0.416 e. The van der Waals surface area contributed by atoms with Gasteiger partial charge in [-0.15, -0.1) is 0 Å². The van der Waals surface area contributed by atoms with Crippen molar-refractivity contribution in [1.29, 1.82) is 5.26 Å². The Morgan fingerprint density at radius 2 is 1.79 bits per heavy atom. The predicted octanol–water partition coefficient (Wildman–Crippen LogP) is 7.14. The SMILES string of the molecule is N#C/C(=C\c1cc(Cl)cc(Cl)c1OCc1ccccc1)C(=O)Nc1cccc(C(F)(F)F)c1. The van der Waals surface area contributed by atoms with Crippen LogP contribution in [0.25, 0.3) is 6.08 Å². The van der Waals surface area contributed by atoms with Gasteiger partial charge in [0.25, 0.3) is 5.91 Å². The third-order valence-corrected chi connectivity index (χ3v) is 4.87. The summed E-state index contributed by atoms with van der Waals surface area (Å²) in [6.45, 7) is 0.168. The van der Waals surface area contributed by atoms with Crippen LogP contribution in [0.4, 0.5) is 18.9 Å². The Bertz CT molecular complexity index is 1240.